The van der Waals surface area contributed by atoms with Gasteiger partial charge in [0.2, 0.25) is 0 Å². The number of nitrogens with two attached hydrogens (primary N) is 1. The normalized spacial score (nSPS) is 10.2. The maximum atomic E-state index is 13.2. The van der Waals surface area contributed by atoms with Crippen molar-refractivity contribution in [2.24, 2.45) is 0 Å². The number of hydrogen-bond donors (Lipinski definition) is 2. The number of anilines is 1. The first-order valence-electron chi connectivity index (χ1n) is 6.32. The Morgan fingerprint density at radius 3 is 2.71 bits per heavy atom. The van der Waals surface area contributed by atoms with Crippen LogP contribution in [0, 0.1) is 5.82 Å². The zero-order valence-electron chi connectivity index (χ0n) is 11.3. The minimum absolute atomic E-state index is 0.206. The third-order valence-corrected chi connectivity index (χ3v) is 3.38. The number of benzene rings is 2. The lowest BCUT2D eigenvalue weighted by Crippen LogP contribution is -2.22. The molecule has 0 fully saturated rings. The van der Waals surface area contributed by atoms with Crippen LogP contribution in [0.1, 0.15) is 17.3 Å². The molecule has 2 aromatic rings. The summed E-state index contributed by atoms with van der Waals surface area (Å²) < 4.78 is 19.4. The molecule has 21 heavy (non-hydrogen) atoms. The van der Waals surface area contributed by atoms with Gasteiger partial charge in [-0.1, -0.05) is 0 Å². The first kappa shape index (κ1) is 15.3. The third kappa shape index (κ3) is 3.72. The topological polar surface area (TPSA) is 64.3 Å². The molecule has 0 saturated carbocycles. The largest absolute Gasteiger partial charge is 0.454 e. The summed E-state index contributed by atoms with van der Waals surface area (Å²) in [5.74, 6) is 0.0511. The van der Waals surface area contributed by atoms with Gasteiger partial charge in [0.15, 0.2) is 0 Å². The molecular formula is C15H14BrFN2O2. The van der Waals surface area contributed by atoms with Gasteiger partial charge < -0.3 is 15.8 Å². The first-order chi connectivity index (χ1) is 10.0. The molecule has 2 aromatic carbocycles. The van der Waals surface area contributed by atoms with Crippen molar-refractivity contribution in [1.29, 1.82) is 0 Å². The Kier molecular flexibility index (Phi) is 4.80. The molecule has 0 radical (unpaired) electrons. The van der Waals surface area contributed by atoms with Crippen LogP contribution >= 0.6 is 15.9 Å². The molecule has 0 aliphatic carbocycles. The van der Waals surface area contributed by atoms with Crippen LogP contribution in [0.3, 0.4) is 0 Å². The number of ether oxygens (including phenoxy) is 1. The summed E-state index contributed by atoms with van der Waals surface area (Å²) in [5, 5.41) is 2.68. The van der Waals surface area contributed by atoms with E-state index in [1.165, 1.54) is 18.2 Å². The molecule has 6 heteroatoms. The van der Waals surface area contributed by atoms with Crippen molar-refractivity contribution in [3.8, 4) is 11.5 Å². The standard InChI is InChI=1S/C15H14BrFN2O2/c1-2-19-15(20)9-3-6-13(12(18)7-9)21-14-8-10(17)4-5-11(14)16/h3-8H,2,18H2,1H3,(H,19,20). The minimum Gasteiger partial charge on any atom is -0.454 e. The Hall–Kier alpha value is -2.08. The third-order valence-electron chi connectivity index (χ3n) is 2.72. The molecule has 0 heterocycles. The Morgan fingerprint density at radius 2 is 2.05 bits per heavy atom. The molecule has 0 aliphatic heterocycles. The van der Waals surface area contributed by atoms with E-state index in [9.17, 15) is 9.18 Å². The summed E-state index contributed by atoms with van der Waals surface area (Å²) >= 11 is 3.27. The molecule has 3 N–H and O–H groups in total. The summed E-state index contributed by atoms with van der Waals surface area (Å²) in [7, 11) is 0. The highest BCUT2D eigenvalue weighted by molar-refractivity contribution is 9.10. The predicted octanol–water partition coefficient (Wildman–Crippen LogP) is 3.71. The van der Waals surface area contributed by atoms with Crippen LogP contribution in [0.15, 0.2) is 40.9 Å². The van der Waals surface area contributed by atoms with Gasteiger partial charge >= 0.3 is 0 Å². The molecule has 0 spiro atoms. The van der Waals surface area contributed by atoms with Crippen LogP contribution in [0.25, 0.3) is 0 Å². The summed E-state index contributed by atoms with van der Waals surface area (Å²) in [6.45, 7) is 2.37. The van der Waals surface area contributed by atoms with Crippen LogP contribution in [-0.2, 0) is 0 Å². The number of rotatable bonds is 4. The van der Waals surface area contributed by atoms with Crippen LogP contribution in [-0.4, -0.2) is 12.5 Å². The van der Waals surface area contributed by atoms with Crippen LogP contribution in [0.2, 0.25) is 0 Å². The SMILES string of the molecule is CCNC(=O)c1ccc(Oc2cc(F)ccc2Br)c(N)c1. The lowest BCUT2D eigenvalue weighted by atomic mass is 10.1. The lowest BCUT2D eigenvalue weighted by molar-refractivity contribution is 0.0956. The van der Waals surface area contributed by atoms with Crippen molar-refractivity contribution in [2.45, 2.75) is 6.92 Å². The number of halogens is 2. The smallest absolute Gasteiger partial charge is 0.251 e. The fourth-order valence-corrected chi connectivity index (χ4v) is 2.05. The van der Waals surface area contributed by atoms with Gasteiger partial charge in [-0.25, -0.2) is 4.39 Å². The van der Waals surface area contributed by atoms with E-state index < -0.39 is 5.82 Å². The summed E-state index contributed by atoms with van der Waals surface area (Å²) in [5.41, 5.74) is 6.62. The second kappa shape index (κ2) is 6.58. The van der Waals surface area contributed by atoms with Gasteiger partial charge in [0.1, 0.15) is 17.3 Å². The van der Waals surface area contributed by atoms with Crippen molar-refractivity contribution < 1.29 is 13.9 Å². The van der Waals surface area contributed by atoms with Gasteiger partial charge in [0.05, 0.1) is 10.2 Å². The number of nitrogen functional groups attached to an aromatic ring is 1. The number of amides is 1. The average Bonchev–Trinajstić information content (AvgIpc) is 2.45. The summed E-state index contributed by atoms with van der Waals surface area (Å²) in [6.07, 6.45) is 0. The second-order valence-electron chi connectivity index (χ2n) is 4.29. The van der Waals surface area contributed by atoms with E-state index in [1.54, 1.807) is 18.2 Å². The maximum absolute atomic E-state index is 13.2. The van der Waals surface area contributed by atoms with Crippen molar-refractivity contribution in [3.63, 3.8) is 0 Å². The van der Waals surface area contributed by atoms with E-state index in [1.807, 2.05) is 6.92 Å². The second-order valence-corrected chi connectivity index (χ2v) is 5.14. The molecule has 0 aromatic heterocycles. The highest BCUT2D eigenvalue weighted by Crippen LogP contribution is 2.33. The minimum atomic E-state index is -0.411. The van der Waals surface area contributed by atoms with E-state index >= 15 is 0 Å². The number of nitrogens with one attached hydrogen (secondary N) is 1. The van der Waals surface area contributed by atoms with E-state index in [2.05, 4.69) is 21.2 Å². The molecule has 0 atom stereocenters. The molecule has 0 bridgehead atoms. The first-order valence-corrected chi connectivity index (χ1v) is 7.11. The van der Waals surface area contributed by atoms with Crippen molar-refractivity contribution in [3.05, 3.63) is 52.3 Å². The Labute approximate surface area is 130 Å². The van der Waals surface area contributed by atoms with Crippen LogP contribution < -0.4 is 15.8 Å². The summed E-state index contributed by atoms with van der Waals surface area (Å²) in [4.78, 5) is 11.7. The Bertz CT molecular complexity index is 677. The molecule has 0 unspecified atom stereocenters. The molecule has 0 saturated heterocycles. The maximum Gasteiger partial charge on any atom is 0.251 e. The monoisotopic (exact) mass is 352 g/mol. The van der Waals surface area contributed by atoms with Gasteiger partial charge in [0, 0.05) is 18.2 Å². The Morgan fingerprint density at radius 1 is 1.29 bits per heavy atom. The number of hydrogen-bond acceptors (Lipinski definition) is 3. The lowest BCUT2D eigenvalue weighted by Gasteiger charge is -2.11. The highest BCUT2D eigenvalue weighted by Gasteiger charge is 2.10. The summed E-state index contributed by atoms with van der Waals surface area (Å²) in [6, 6.07) is 8.82. The molecule has 4 nitrogen and oxygen atoms in total. The molecule has 2 rings (SSSR count). The van der Waals surface area contributed by atoms with Gasteiger partial charge in [0.25, 0.3) is 5.91 Å². The van der Waals surface area contributed by atoms with Crippen molar-refractivity contribution >= 4 is 27.5 Å². The predicted molar refractivity (Wildman–Crippen MR) is 83.0 cm³/mol. The molecular weight excluding hydrogens is 339 g/mol. The van der Waals surface area contributed by atoms with Gasteiger partial charge in [-0.3, -0.25) is 4.79 Å². The van der Waals surface area contributed by atoms with E-state index in [0.29, 0.717) is 33.8 Å². The van der Waals surface area contributed by atoms with E-state index in [4.69, 9.17) is 10.5 Å². The van der Waals surface area contributed by atoms with Crippen molar-refractivity contribution in [1.82, 2.24) is 5.32 Å². The fraction of sp³-hybridized carbons (Fsp3) is 0.133. The van der Waals surface area contributed by atoms with Crippen molar-refractivity contribution in [2.75, 3.05) is 12.3 Å². The van der Waals surface area contributed by atoms with E-state index in [0.717, 1.165) is 0 Å². The van der Waals surface area contributed by atoms with E-state index in [-0.39, 0.29) is 5.91 Å². The van der Waals surface area contributed by atoms with Crippen LogP contribution in [0.4, 0.5) is 10.1 Å². The molecule has 110 valence electrons. The Balaban J connectivity index is 2.25. The zero-order chi connectivity index (χ0) is 15.4. The number of carbonyl (C=O) groups excluding carboxylic acids is 1. The zero-order valence-corrected chi connectivity index (χ0v) is 12.9. The highest BCUT2D eigenvalue weighted by atomic mass is 79.9. The molecule has 0 aliphatic rings. The van der Waals surface area contributed by atoms with Crippen LogP contribution in [0.5, 0.6) is 11.5 Å². The average molecular weight is 353 g/mol. The van der Waals surface area contributed by atoms with Gasteiger partial charge in [-0.05, 0) is 53.2 Å². The fourth-order valence-electron chi connectivity index (χ4n) is 1.72. The van der Waals surface area contributed by atoms with Gasteiger partial charge in [-0.15, -0.1) is 0 Å². The number of carbonyl (C=O) groups is 1. The quantitative estimate of drug-likeness (QED) is 0.824. The van der Waals surface area contributed by atoms with Gasteiger partial charge in [-0.2, -0.15) is 0 Å². The molecule has 1 amide bonds.